The first-order valence-electron chi connectivity index (χ1n) is 7.37. The molecule has 3 aliphatic heterocycles. The Morgan fingerprint density at radius 3 is 2.85 bits per heavy atom. The van der Waals surface area contributed by atoms with Crippen molar-refractivity contribution in [3.8, 4) is 0 Å². The van der Waals surface area contributed by atoms with Crippen molar-refractivity contribution in [3.05, 3.63) is 35.2 Å². The smallest absolute Gasteiger partial charge is 0.137 e. The summed E-state index contributed by atoms with van der Waals surface area (Å²) in [6.45, 7) is 4.61. The fraction of sp³-hybridized carbons (Fsp3) is 0.533. The molecule has 1 unspecified atom stereocenters. The lowest BCUT2D eigenvalue weighted by Gasteiger charge is -2.45. The van der Waals surface area contributed by atoms with E-state index in [2.05, 4.69) is 21.4 Å². The highest BCUT2D eigenvalue weighted by Crippen LogP contribution is 2.27. The largest absolute Gasteiger partial charge is 0.307 e. The van der Waals surface area contributed by atoms with Crippen molar-refractivity contribution in [2.24, 2.45) is 5.92 Å². The average Bonchev–Trinajstić information content (AvgIpc) is 2.88. The van der Waals surface area contributed by atoms with Gasteiger partial charge in [0.2, 0.25) is 0 Å². The van der Waals surface area contributed by atoms with Crippen molar-refractivity contribution in [2.45, 2.75) is 25.4 Å². The maximum Gasteiger partial charge on any atom is 0.137 e. The minimum Gasteiger partial charge on any atom is -0.307 e. The number of rotatable bonds is 3. The quantitative estimate of drug-likeness (QED) is 0.940. The first kappa shape index (κ1) is 12.6. The van der Waals surface area contributed by atoms with Crippen LogP contribution in [0.2, 0.25) is 5.02 Å². The molecule has 0 amide bonds. The summed E-state index contributed by atoms with van der Waals surface area (Å²) in [6.07, 6.45) is 6.66. The maximum absolute atomic E-state index is 6.00. The molecule has 2 bridgehead atoms. The van der Waals surface area contributed by atoms with E-state index in [0.717, 1.165) is 28.8 Å². The van der Waals surface area contributed by atoms with Crippen LogP contribution in [0.4, 0.5) is 0 Å². The van der Waals surface area contributed by atoms with Gasteiger partial charge in [-0.05, 0) is 44.0 Å². The standard InChI is InChI=1S/C15H19ClN4/c16-12-1-2-15-18-13(9-20(15)8-12)7-17-14-10-19-5-3-11(14)4-6-19/h1-2,8-9,11,14,17H,3-7,10H2. The molecule has 4 nitrogen and oxygen atoms in total. The van der Waals surface area contributed by atoms with Crippen LogP contribution in [-0.4, -0.2) is 40.0 Å². The molecule has 3 aliphatic rings. The summed E-state index contributed by atoms with van der Waals surface area (Å²) in [5, 5.41) is 4.44. The van der Waals surface area contributed by atoms with Crippen LogP contribution < -0.4 is 5.32 Å². The number of nitrogens with zero attached hydrogens (tertiary/aromatic N) is 3. The molecule has 20 heavy (non-hydrogen) atoms. The van der Waals surface area contributed by atoms with Crippen LogP contribution in [-0.2, 0) is 6.54 Å². The molecule has 1 atom stereocenters. The summed E-state index contributed by atoms with van der Waals surface area (Å²) >= 11 is 6.00. The molecule has 0 spiro atoms. The zero-order valence-electron chi connectivity index (χ0n) is 11.4. The zero-order chi connectivity index (χ0) is 13.5. The van der Waals surface area contributed by atoms with Gasteiger partial charge in [-0.1, -0.05) is 11.6 Å². The van der Waals surface area contributed by atoms with Gasteiger partial charge >= 0.3 is 0 Å². The Labute approximate surface area is 123 Å². The topological polar surface area (TPSA) is 32.6 Å². The van der Waals surface area contributed by atoms with Crippen LogP contribution in [0.15, 0.2) is 24.5 Å². The molecule has 3 saturated heterocycles. The van der Waals surface area contributed by atoms with Crippen molar-refractivity contribution in [1.29, 1.82) is 0 Å². The van der Waals surface area contributed by atoms with E-state index in [-0.39, 0.29) is 0 Å². The third-order valence-corrected chi connectivity index (χ3v) is 4.89. The molecule has 2 aromatic heterocycles. The van der Waals surface area contributed by atoms with Gasteiger partial charge in [0.05, 0.1) is 10.7 Å². The summed E-state index contributed by atoms with van der Waals surface area (Å²) in [6, 6.07) is 4.47. The van der Waals surface area contributed by atoms with E-state index in [1.807, 2.05) is 22.7 Å². The Bertz CT molecular complexity index is 615. The second-order valence-electron chi connectivity index (χ2n) is 5.97. The Balaban J connectivity index is 1.45. The lowest BCUT2D eigenvalue weighted by atomic mass is 9.84. The van der Waals surface area contributed by atoms with Crippen LogP contribution in [0.5, 0.6) is 0 Å². The normalized spacial score (nSPS) is 29.1. The van der Waals surface area contributed by atoms with Crippen molar-refractivity contribution >= 4 is 17.2 Å². The molecule has 5 heterocycles. The van der Waals surface area contributed by atoms with E-state index < -0.39 is 0 Å². The van der Waals surface area contributed by atoms with Gasteiger partial charge in [-0.25, -0.2) is 4.98 Å². The van der Waals surface area contributed by atoms with Crippen LogP contribution in [0.25, 0.3) is 5.65 Å². The number of pyridine rings is 1. The first-order valence-corrected chi connectivity index (χ1v) is 7.74. The van der Waals surface area contributed by atoms with Gasteiger partial charge in [-0.15, -0.1) is 0 Å². The Morgan fingerprint density at radius 1 is 1.25 bits per heavy atom. The van der Waals surface area contributed by atoms with Crippen LogP contribution in [0.1, 0.15) is 18.5 Å². The molecule has 5 heteroatoms. The highest BCUT2D eigenvalue weighted by Gasteiger charge is 2.33. The predicted molar refractivity (Wildman–Crippen MR) is 80.0 cm³/mol. The minimum absolute atomic E-state index is 0.630. The van der Waals surface area contributed by atoms with E-state index in [0.29, 0.717) is 6.04 Å². The van der Waals surface area contributed by atoms with E-state index in [1.54, 1.807) is 0 Å². The number of halogens is 1. The molecule has 2 aromatic rings. The van der Waals surface area contributed by atoms with Crippen molar-refractivity contribution in [2.75, 3.05) is 19.6 Å². The second-order valence-corrected chi connectivity index (χ2v) is 6.41. The summed E-state index contributed by atoms with van der Waals surface area (Å²) in [4.78, 5) is 7.20. The fourth-order valence-electron chi connectivity index (χ4n) is 3.53. The molecule has 5 rings (SSSR count). The molecular formula is C15H19ClN4. The molecular weight excluding hydrogens is 272 g/mol. The van der Waals surface area contributed by atoms with Gasteiger partial charge < -0.3 is 14.6 Å². The van der Waals surface area contributed by atoms with Crippen molar-refractivity contribution in [1.82, 2.24) is 19.6 Å². The summed E-state index contributed by atoms with van der Waals surface area (Å²) in [7, 11) is 0. The predicted octanol–water partition coefficient (Wildman–Crippen LogP) is 2.17. The van der Waals surface area contributed by atoms with Gasteiger partial charge in [0.25, 0.3) is 0 Å². The average molecular weight is 291 g/mol. The number of piperidine rings is 3. The molecule has 0 aliphatic carbocycles. The van der Waals surface area contributed by atoms with Gasteiger partial charge in [-0.2, -0.15) is 0 Å². The summed E-state index contributed by atoms with van der Waals surface area (Å²) in [5.41, 5.74) is 2.05. The van der Waals surface area contributed by atoms with Gasteiger partial charge in [-0.3, -0.25) is 0 Å². The lowest BCUT2D eigenvalue weighted by molar-refractivity contribution is 0.0719. The SMILES string of the molecule is Clc1ccc2nc(CNC3CN4CCC3CC4)cn2c1. The number of aromatic nitrogens is 2. The van der Waals surface area contributed by atoms with Crippen molar-refractivity contribution in [3.63, 3.8) is 0 Å². The number of nitrogens with one attached hydrogen (secondary N) is 1. The Morgan fingerprint density at radius 2 is 2.10 bits per heavy atom. The summed E-state index contributed by atoms with van der Waals surface area (Å²) < 4.78 is 2.00. The monoisotopic (exact) mass is 290 g/mol. The van der Waals surface area contributed by atoms with Gasteiger partial charge in [0.15, 0.2) is 0 Å². The van der Waals surface area contributed by atoms with Gasteiger partial charge in [0.1, 0.15) is 5.65 Å². The first-order chi connectivity index (χ1) is 9.78. The number of fused-ring (bicyclic) bond motifs is 4. The Kier molecular flexibility index (Phi) is 3.17. The maximum atomic E-state index is 6.00. The van der Waals surface area contributed by atoms with E-state index in [4.69, 9.17) is 11.6 Å². The van der Waals surface area contributed by atoms with E-state index in [1.165, 1.54) is 32.5 Å². The van der Waals surface area contributed by atoms with E-state index in [9.17, 15) is 0 Å². The van der Waals surface area contributed by atoms with Crippen LogP contribution in [0, 0.1) is 5.92 Å². The minimum atomic E-state index is 0.630. The number of hydrogen-bond acceptors (Lipinski definition) is 3. The summed E-state index contributed by atoms with van der Waals surface area (Å²) in [5.74, 6) is 0.853. The molecule has 0 radical (unpaired) electrons. The highest BCUT2D eigenvalue weighted by molar-refractivity contribution is 6.30. The number of imidazole rings is 1. The third-order valence-electron chi connectivity index (χ3n) is 4.67. The van der Waals surface area contributed by atoms with Crippen molar-refractivity contribution < 1.29 is 0 Å². The number of hydrogen-bond donors (Lipinski definition) is 1. The van der Waals surface area contributed by atoms with Crippen LogP contribution >= 0.6 is 11.6 Å². The molecule has 0 aromatic carbocycles. The third kappa shape index (κ3) is 2.32. The Hall–Kier alpha value is -1.10. The van der Waals surface area contributed by atoms with Crippen LogP contribution in [0.3, 0.4) is 0 Å². The van der Waals surface area contributed by atoms with E-state index >= 15 is 0 Å². The molecule has 3 fully saturated rings. The lowest BCUT2D eigenvalue weighted by Crippen LogP contribution is -2.55. The van der Waals surface area contributed by atoms with Gasteiger partial charge in [0, 0.05) is 31.5 Å². The zero-order valence-corrected chi connectivity index (χ0v) is 12.2. The highest BCUT2D eigenvalue weighted by atomic mass is 35.5. The molecule has 1 N–H and O–H groups in total. The second kappa shape index (κ2) is 5.02. The fourth-order valence-corrected chi connectivity index (χ4v) is 3.70. The molecule has 106 valence electrons. The molecule has 0 saturated carbocycles.